The van der Waals surface area contributed by atoms with Crippen LogP contribution in [0.4, 0.5) is 18.9 Å². The van der Waals surface area contributed by atoms with Gasteiger partial charge in [0.25, 0.3) is 5.91 Å². The number of amides is 2. The second-order valence-electron chi connectivity index (χ2n) is 6.01. The molecule has 1 aliphatic heterocycles. The molecule has 0 aromatic heterocycles. The molecule has 1 fully saturated rings. The van der Waals surface area contributed by atoms with Gasteiger partial charge < -0.3 is 10.2 Å². The second-order valence-corrected chi connectivity index (χ2v) is 6.01. The fourth-order valence-electron chi connectivity index (χ4n) is 2.15. The summed E-state index contributed by atoms with van der Waals surface area (Å²) in [7, 11) is 0. The number of hydrogen-bond acceptors (Lipinski definition) is 2. The zero-order chi connectivity index (χ0) is 15.9. The van der Waals surface area contributed by atoms with Crippen LogP contribution in [0.3, 0.4) is 0 Å². The van der Waals surface area contributed by atoms with E-state index in [1.807, 2.05) is 0 Å². The van der Waals surface area contributed by atoms with Gasteiger partial charge >= 0.3 is 0 Å². The average molecular weight is 300 g/mol. The third-order valence-corrected chi connectivity index (χ3v) is 3.27. The molecule has 0 saturated carbocycles. The van der Waals surface area contributed by atoms with Crippen molar-refractivity contribution in [3.05, 3.63) is 29.6 Å². The number of carbonyl (C=O) groups excluding carboxylic acids is 2. The Hall–Kier alpha value is -2.05. The molecule has 1 unspecified atom stereocenters. The van der Waals surface area contributed by atoms with Crippen LogP contribution in [0.15, 0.2) is 12.1 Å². The molecule has 0 aliphatic carbocycles. The smallest absolute Gasteiger partial charge is 0.250 e. The van der Waals surface area contributed by atoms with Crippen LogP contribution in [0.2, 0.25) is 0 Å². The molecule has 0 bridgehead atoms. The Labute approximate surface area is 119 Å². The van der Waals surface area contributed by atoms with E-state index in [1.54, 1.807) is 20.8 Å². The van der Waals surface area contributed by atoms with Gasteiger partial charge in [-0.1, -0.05) is 20.8 Å². The lowest BCUT2D eigenvalue weighted by atomic mass is 9.84. The van der Waals surface area contributed by atoms with Crippen LogP contribution >= 0.6 is 0 Å². The highest BCUT2D eigenvalue weighted by molar-refractivity contribution is 6.06. The lowest BCUT2D eigenvalue weighted by molar-refractivity contribution is -0.133. The number of hydrogen-bond donors (Lipinski definition) is 1. The molecule has 1 saturated heterocycles. The van der Waals surface area contributed by atoms with Crippen LogP contribution in [0.1, 0.15) is 20.8 Å². The minimum absolute atomic E-state index is 0.180. The van der Waals surface area contributed by atoms with Crippen molar-refractivity contribution in [2.75, 3.05) is 11.4 Å². The van der Waals surface area contributed by atoms with Crippen molar-refractivity contribution in [2.45, 2.75) is 26.8 Å². The second kappa shape index (κ2) is 5.05. The van der Waals surface area contributed by atoms with Crippen LogP contribution in [-0.4, -0.2) is 24.4 Å². The Balaban J connectivity index is 2.43. The Bertz CT molecular complexity index is 588. The molecule has 2 rings (SSSR count). The molecule has 1 aromatic rings. The molecule has 1 aliphatic rings. The molecular formula is C14H15F3N2O2. The zero-order valence-electron chi connectivity index (χ0n) is 11.8. The highest BCUT2D eigenvalue weighted by atomic mass is 19.2. The lowest BCUT2D eigenvalue weighted by Gasteiger charge is -2.38. The van der Waals surface area contributed by atoms with Gasteiger partial charge in [0.05, 0.1) is 5.69 Å². The van der Waals surface area contributed by atoms with Gasteiger partial charge in [-0.3, -0.25) is 9.59 Å². The predicted octanol–water partition coefficient (Wildman–Crippen LogP) is 1.98. The third-order valence-electron chi connectivity index (χ3n) is 3.27. The van der Waals surface area contributed by atoms with Crippen molar-refractivity contribution >= 4 is 17.5 Å². The van der Waals surface area contributed by atoms with Gasteiger partial charge in [0, 0.05) is 12.1 Å². The zero-order valence-corrected chi connectivity index (χ0v) is 11.8. The standard InChI is InChI=1S/C14H15F3N2O2/c1-14(2,3)12-13(21)19(6-10(20)18-12)7-4-8(15)11(17)9(16)5-7/h4-5,12H,6H2,1-3H3,(H,18,20). The van der Waals surface area contributed by atoms with E-state index < -0.39 is 40.7 Å². The quantitative estimate of drug-likeness (QED) is 0.806. The molecular weight excluding hydrogens is 285 g/mol. The molecule has 1 N–H and O–H groups in total. The largest absolute Gasteiger partial charge is 0.342 e. The van der Waals surface area contributed by atoms with Gasteiger partial charge in [0.2, 0.25) is 5.91 Å². The predicted molar refractivity (Wildman–Crippen MR) is 70.1 cm³/mol. The Morgan fingerprint density at radius 1 is 1.14 bits per heavy atom. The summed E-state index contributed by atoms with van der Waals surface area (Å²) in [5, 5.41) is 2.55. The Kier molecular flexibility index (Phi) is 3.69. The summed E-state index contributed by atoms with van der Waals surface area (Å²) >= 11 is 0. The van der Waals surface area contributed by atoms with Crippen LogP contribution in [0.5, 0.6) is 0 Å². The summed E-state index contributed by atoms with van der Waals surface area (Å²) < 4.78 is 39.6. The van der Waals surface area contributed by atoms with E-state index in [0.717, 1.165) is 4.90 Å². The molecule has 1 heterocycles. The maximum atomic E-state index is 13.3. The number of piperazine rings is 1. The summed E-state index contributed by atoms with van der Waals surface area (Å²) in [5.41, 5.74) is -0.747. The van der Waals surface area contributed by atoms with Crippen molar-refractivity contribution in [3.63, 3.8) is 0 Å². The summed E-state index contributed by atoms with van der Waals surface area (Å²) in [6.07, 6.45) is 0. The van der Waals surface area contributed by atoms with Crippen molar-refractivity contribution in [1.82, 2.24) is 5.32 Å². The van der Waals surface area contributed by atoms with E-state index in [2.05, 4.69) is 5.32 Å². The third kappa shape index (κ3) is 2.86. The van der Waals surface area contributed by atoms with Crippen LogP contribution in [0, 0.1) is 22.9 Å². The van der Waals surface area contributed by atoms with Crippen molar-refractivity contribution in [2.24, 2.45) is 5.41 Å². The normalized spacial score (nSPS) is 19.7. The van der Waals surface area contributed by atoms with Gasteiger partial charge in [0.1, 0.15) is 12.6 Å². The molecule has 1 aromatic carbocycles. The van der Waals surface area contributed by atoms with Gasteiger partial charge in [-0.15, -0.1) is 0 Å². The van der Waals surface area contributed by atoms with Crippen molar-refractivity contribution in [3.8, 4) is 0 Å². The number of nitrogens with one attached hydrogen (secondary N) is 1. The lowest BCUT2D eigenvalue weighted by Crippen LogP contribution is -2.62. The van der Waals surface area contributed by atoms with Crippen LogP contribution in [0.25, 0.3) is 0 Å². The minimum atomic E-state index is -1.61. The molecule has 114 valence electrons. The molecule has 4 nitrogen and oxygen atoms in total. The topological polar surface area (TPSA) is 49.4 Å². The molecule has 21 heavy (non-hydrogen) atoms. The Morgan fingerprint density at radius 2 is 1.67 bits per heavy atom. The first-order valence-electron chi connectivity index (χ1n) is 6.36. The summed E-state index contributed by atoms with van der Waals surface area (Å²) in [6, 6.07) is 0.582. The van der Waals surface area contributed by atoms with E-state index in [1.165, 1.54) is 0 Å². The first kappa shape index (κ1) is 15.3. The van der Waals surface area contributed by atoms with E-state index >= 15 is 0 Å². The fraction of sp³-hybridized carbons (Fsp3) is 0.429. The summed E-state index contributed by atoms with van der Waals surface area (Å²) in [6.45, 7) is 4.90. The van der Waals surface area contributed by atoms with E-state index in [9.17, 15) is 22.8 Å². The van der Waals surface area contributed by atoms with Crippen LogP contribution in [-0.2, 0) is 9.59 Å². The number of halogens is 3. The molecule has 2 amide bonds. The number of benzene rings is 1. The maximum absolute atomic E-state index is 13.3. The van der Waals surface area contributed by atoms with E-state index in [0.29, 0.717) is 12.1 Å². The van der Waals surface area contributed by atoms with E-state index in [4.69, 9.17) is 0 Å². The summed E-state index contributed by atoms with van der Waals surface area (Å²) in [4.78, 5) is 25.1. The highest BCUT2D eigenvalue weighted by Crippen LogP contribution is 2.28. The molecule has 7 heteroatoms. The highest BCUT2D eigenvalue weighted by Gasteiger charge is 2.40. The maximum Gasteiger partial charge on any atom is 0.250 e. The molecule has 0 radical (unpaired) electrons. The first-order valence-corrected chi connectivity index (χ1v) is 6.36. The van der Waals surface area contributed by atoms with Gasteiger partial charge in [-0.05, 0) is 5.41 Å². The number of rotatable bonds is 1. The Morgan fingerprint density at radius 3 is 2.14 bits per heavy atom. The number of nitrogens with zero attached hydrogens (tertiary/aromatic N) is 1. The monoisotopic (exact) mass is 300 g/mol. The first-order chi connectivity index (χ1) is 9.61. The van der Waals surface area contributed by atoms with Crippen molar-refractivity contribution in [1.29, 1.82) is 0 Å². The molecule has 0 spiro atoms. The fourth-order valence-corrected chi connectivity index (χ4v) is 2.15. The van der Waals surface area contributed by atoms with Crippen molar-refractivity contribution < 1.29 is 22.8 Å². The SMILES string of the molecule is CC(C)(C)C1NC(=O)CN(c2cc(F)c(F)c(F)c2)C1=O. The summed E-state index contributed by atoms with van der Waals surface area (Å²) in [5.74, 6) is -5.36. The molecule has 1 atom stereocenters. The van der Waals surface area contributed by atoms with Gasteiger partial charge in [0.15, 0.2) is 17.5 Å². The average Bonchev–Trinajstić information content (AvgIpc) is 2.36. The number of anilines is 1. The van der Waals surface area contributed by atoms with Gasteiger partial charge in [-0.25, -0.2) is 13.2 Å². The minimum Gasteiger partial charge on any atom is -0.342 e. The van der Waals surface area contributed by atoms with Gasteiger partial charge in [-0.2, -0.15) is 0 Å². The number of carbonyl (C=O) groups is 2. The van der Waals surface area contributed by atoms with Crippen LogP contribution < -0.4 is 10.2 Å². The van der Waals surface area contributed by atoms with E-state index in [-0.39, 0.29) is 12.2 Å².